The molecule has 2 amide bonds. The number of hydrogen-bond acceptors (Lipinski definition) is 5. The molecule has 0 aliphatic rings. The fourth-order valence-corrected chi connectivity index (χ4v) is 2.31. The van der Waals surface area contributed by atoms with Crippen LogP contribution in [0.2, 0.25) is 10.0 Å². The number of nitrogens with one attached hydrogen (secondary N) is 2. The summed E-state index contributed by atoms with van der Waals surface area (Å²) in [4.78, 5) is 23.8. The number of halogens is 2. The topological polar surface area (TPSA) is 85.9 Å². The predicted octanol–water partition coefficient (Wildman–Crippen LogP) is 3.39. The lowest BCUT2D eigenvalue weighted by atomic mass is 10.3. The van der Waals surface area contributed by atoms with Crippen molar-refractivity contribution in [3.8, 4) is 17.2 Å². The van der Waals surface area contributed by atoms with E-state index in [-0.39, 0.29) is 6.61 Å². The Balaban J connectivity index is 1.73. The first-order valence-electron chi connectivity index (χ1n) is 8.45. The fraction of sp³-hybridized carbons (Fsp3) is 0.263. The van der Waals surface area contributed by atoms with Crippen molar-refractivity contribution in [1.82, 2.24) is 10.9 Å². The van der Waals surface area contributed by atoms with Crippen molar-refractivity contribution in [1.29, 1.82) is 0 Å². The number of carbonyl (C=O) groups is 2. The van der Waals surface area contributed by atoms with Crippen molar-refractivity contribution >= 4 is 35.0 Å². The van der Waals surface area contributed by atoms with E-state index in [1.165, 1.54) is 6.07 Å². The average molecular weight is 427 g/mol. The molecule has 0 spiro atoms. The van der Waals surface area contributed by atoms with Crippen LogP contribution in [0.15, 0.2) is 42.5 Å². The van der Waals surface area contributed by atoms with E-state index in [0.717, 1.165) is 0 Å². The number of benzene rings is 2. The van der Waals surface area contributed by atoms with Crippen LogP contribution in [0, 0.1) is 0 Å². The van der Waals surface area contributed by atoms with Crippen LogP contribution in [0.3, 0.4) is 0 Å². The molecule has 0 saturated carbocycles. The highest BCUT2D eigenvalue weighted by Crippen LogP contribution is 2.26. The van der Waals surface area contributed by atoms with E-state index in [1.807, 2.05) is 6.92 Å². The van der Waals surface area contributed by atoms with Gasteiger partial charge in [0.1, 0.15) is 17.2 Å². The summed E-state index contributed by atoms with van der Waals surface area (Å²) in [5.41, 5.74) is 4.52. The van der Waals surface area contributed by atoms with Crippen molar-refractivity contribution in [2.45, 2.75) is 20.0 Å². The Labute approximate surface area is 172 Å². The third-order valence-electron chi connectivity index (χ3n) is 3.40. The maximum absolute atomic E-state index is 12.0. The Morgan fingerprint density at radius 2 is 1.57 bits per heavy atom. The third kappa shape index (κ3) is 6.83. The normalized spacial score (nSPS) is 11.3. The molecular formula is C19H20Cl2N2O5. The van der Waals surface area contributed by atoms with Gasteiger partial charge in [0, 0.05) is 6.07 Å². The summed E-state index contributed by atoms with van der Waals surface area (Å²) in [5, 5.41) is 0.695. The molecule has 1 unspecified atom stereocenters. The lowest BCUT2D eigenvalue weighted by molar-refractivity contribution is -0.133. The van der Waals surface area contributed by atoms with E-state index >= 15 is 0 Å². The third-order valence-corrected chi connectivity index (χ3v) is 4.14. The molecule has 0 aliphatic heterocycles. The minimum atomic E-state index is -0.825. The second kappa shape index (κ2) is 10.6. The maximum Gasteiger partial charge on any atom is 0.279 e. The standard InChI is InChI=1S/C19H20Cl2N2O5/c1-3-26-13-4-6-14(7-5-13)28-12(2)19(25)23-22-18(24)11-27-15-8-9-16(20)17(21)10-15/h4-10,12H,3,11H2,1-2H3,(H,22,24)(H,23,25). The second-order valence-corrected chi connectivity index (χ2v) is 6.38. The van der Waals surface area contributed by atoms with E-state index in [0.29, 0.717) is 33.9 Å². The van der Waals surface area contributed by atoms with Gasteiger partial charge in [-0.25, -0.2) is 0 Å². The molecule has 0 saturated heterocycles. The maximum atomic E-state index is 12.0. The van der Waals surface area contributed by atoms with Crippen LogP contribution in [-0.4, -0.2) is 31.1 Å². The number of amides is 2. The molecule has 28 heavy (non-hydrogen) atoms. The zero-order chi connectivity index (χ0) is 20.5. The Kier molecular flexibility index (Phi) is 8.22. The van der Waals surface area contributed by atoms with Gasteiger partial charge in [-0.1, -0.05) is 23.2 Å². The molecular weight excluding hydrogens is 407 g/mol. The summed E-state index contributed by atoms with van der Waals surface area (Å²) < 4.78 is 16.1. The van der Waals surface area contributed by atoms with Crippen LogP contribution >= 0.6 is 23.2 Å². The molecule has 0 heterocycles. The first-order chi connectivity index (χ1) is 13.4. The molecule has 2 N–H and O–H groups in total. The Morgan fingerprint density at radius 3 is 2.21 bits per heavy atom. The van der Waals surface area contributed by atoms with Crippen molar-refractivity contribution < 1.29 is 23.8 Å². The molecule has 7 nitrogen and oxygen atoms in total. The summed E-state index contributed by atoms with van der Waals surface area (Å²) in [6, 6.07) is 11.5. The predicted molar refractivity (Wildman–Crippen MR) is 106 cm³/mol. The SMILES string of the molecule is CCOc1ccc(OC(C)C(=O)NNC(=O)COc2ccc(Cl)c(Cl)c2)cc1. The molecule has 0 aliphatic carbocycles. The van der Waals surface area contributed by atoms with Crippen LogP contribution in [-0.2, 0) is 9.59 Å². The van der Waals surface area contributed by atoms with Gasteiger partial charge < -0.3 is 14.2 Å². The molecule has 9 heteroatoms. The van der Waals surface area contributed by atoms with Crippen LogP contribution in [0.25, 0.3) is 0 Å². The molecule has 1 atom stereocenters. The van der Waals surface area contributed by atoms with Crippen molar-refractivity contribution in [2.24, 2.45) is 0 Å². The average Bonchev–Trinajstić information content (AvgIpc) is 2.68. The van der Waals surface area contributed by atoms with Crippen molar-refractivity contribution in [2.75, 3.05) is 13.2 Å². The van der Waals surface area contributed by atoms with Crippen LogP contribution in [0.5, 0.6) is 17.2 Å². The number of carbonyl (C=O) groups excluding carboxylic acids is 2. The summed E-state index contributed by atoms with van der Waals surface area (Å²) in [5.74, 6) is 0.522. The molecule has 2 aromatic rings. The monoisotopic (exact) mass is 426 g/mol. The molecule has 0 fully saturated rings. The van der Waals surface area contributed by atoms with E-state index < -0.39 is 17.9 Å². The van der Waals surface area contributed by atoms with Crippen LogP contribution < -0.4 is 25.1 Å². The van der Waals surface area contributed by atoms with E-state index in [9.17, 15) is 9.59 Å². The fourth-order valence-electron chi connectivity index (χ4n) is 2.02. The number of hydrogen-bond donors (Lipinski definition) is 2. The van der Waals surface area contributed by atoms with Gasteiger partial charge in [0.15, 0.2) is 12.7 Å². The first kappa shape index (κ1) is 21.7. The van der Waals surface area contributed by atoms with Crippen molar-refractivity contribution in [3.05, 3.63) is 52.5 Å². The second-order valence-electron chi connectivity index (χ2n) is 5.57. The minimum absolute atomic E-state index is 0.313. The Bertz CT molecular complexity index is 814. The number of hydrazine groups is 1. The highest BCUT2D eigenvalue weighted by atomic mass is 35.5. The summed E-state index contributed by atoms with van der Waals surface area (Å²) in [7, 11) is 0. The highest BCUT2D eigenvalue weighted by Gasteiger charge is 2.15. The van der Waals surface area contributed by atoms with Gasteiger partial charge in [0.25, 0.3) is 11.8 Å². The molecule has 150 valence electrons. The zero-order valence-corrected chi connectivity index (χ0v) is 16.8. The van der Waals surface area contributed by atoms with Gasteiger partial charge >= 0.3 is 0 Å². The number of rotatable bonds is 8. The van der Waals surface area contributed by atoms with Gasteiger partial charge in [-0.2, -0.15) is 0 Å². The summed E-state index contributed by atoms with van der Waals surface area (Å²) in [6.07, 6.45) is -0.825. The lowest BCUT2D eigenvalue weighted by Gasteiger charge is -2.15. The Hall–Kier alpha value is -2.64. The first-order valence-corrected chi connectivity index (χ1v) is 9.20. The van der Waals surface area contributed by atoms with Crippen molar-refractivity contribution in [3.63, 3.8) is 0 Å². The zero-order valence-electron chi connectivity index (χ0n) is 15.3. The van der Waals surface area contributed by atoms with Crippen LogP contribution in [0.4, 0.5) is 0 Å². The van der Waals surface area contributed by atoms with Gasteiger partial charge in [0.05, 0.1) is 16.7 Å². The largest absolute Gasteiger partial charge is 0.494 e. The number of ether oxygens (including phenoxy) is 3. The van der Waals surface area contributed by atoms with E-state index in [1.54, 1.807) is 43.3 Å². The molecule has 2 rings (SSSR count). The van der Waals surface area contributed by atoms with Gasteiger partial charge in [-0.3, -0.25) is 20.4 Å². The molecule has 0 aromatic heterocycles. The quantitative estimate of drug-likeness (QED) is 0.631. The highest BCUT2D eigenvalue weighted by molar-refractivity contribution is 6.42. The molecule has 2 aromatic carbocycles. The van der Waals surface area contributed by atoms with Gasteiger partial charge in [-0.15, -0.1) is 0 Å². The van der Waals surface area contributed by atoms with Gasteiger partial charge in [-0.05, 0) is 50.2 Å². The minimum Gasteiger partial charge on any atom is -0.494 e. The van der Waals surface area contributed by atoms with E-state index in [2.05, 4.69) is 10.9 Å². The lowest BCUT2D eigenvalue weighted by Crippen LogP contribution is -2.48. The smallest absolute Gasteiger partial charge is 0.279 e. The molecule has 0 radical (unpaired) electrons. The summed E-state index contributed by atoms with van der Waals surface area (Å²) in [6.45, 7) is 3.70. The van der Waals surface area contributed by atoms with Crippen LogP contribution in [0.1, 0.15) is 13.8 Å². The van der Waals surface area contributed by atoms with E-state index in [4.69, 9.17) is 37.4 Å². The molecule has 0 bridgehead atoms. The summed E-state index contributed by atoms with van der Waals surface area (Å²) >= 11 is 11.7. The van der Waals surface area contributed by atoms with Gasteiger partial charge in [0.2, 0.25) is 0 Å². The Morgan fingerprint density at radius 1 is 0.929 bits per heavy atom.